The number of halogens is 1. The van der Waals surface area contributed by atoms with Gasteiger partial charge >= 0.3 is 22.4 Å². The molecule has 1 aliphatic rings. The minimum absolute atomic E-state index is 0.0860. The van der Waals surface area contributed by atoms with Gasteiger partial charge in [-0.3, -0.25) is 13.7 Å². The number of sulfone groups is 1. The number of anilines is 3. The molecule has 1 aliphatic carbocycles. The lowest BCUT2D eigenvalue weighted by Crippen LogP contribution is -2.38. The van der Waals surface area contributed by atoms with Crippen LogP contribution in [-0.2, 0) is 44.7 Å². The molecule has 0 saturated carbocycles. The molecule has 4 rings (SSSR count). The van der Waals surface area contributed by atoms with Gasteiger partial charge in [0.05, 0.1) is 39.1 Å². The summed E-state index contributed by atoms with van der Waals surface area (Å²) < 4.78 is 127. The molecular weight excluding hydrogens is 854 g/mol. The molecule has 24 nitrogen and oxygen atoms in total. The van der Waals surface area contributed by atoms with Crippen LogP contribution in [0.15, 0.2) is 97.0 Å². The number of carboxylic acid groups (broad SMARTS) is 1. The molecule has 1 unspecified atom stereocenters. The summed E-state index contributed by atoms with van der Waals surface area (Å²) in [6, 6.07) is 3.72. The van der Waals surface area contributed by atoms with Crippen LogP contribution in [0.25, 0.3) is 0 Å². The van der Waals surface area contributed by atoms with Gasteiger partial charge in [-0.25, -0.2) is 22.2 Å². The Morgan fingerprint density at radius 1 is 0.911 bits per heavy atom. The minimum Gasteiger partial charge on any atom is -0.478 e. The fourth-order valence-corrected chi connectivity index (χ4v) is 7.33. The number of aromatic carboxylic acids is 1. The molecule has 1 atom stereocenters. The van der Waals surface area contributed by atoms with Crippen molar-refractivity contribution in [2.24, 2.45) is 16.0 Å². The van der Waals surface area contributed by atoms with Crippen LogP contribution in [0.4, 0.5) is 28.1 Å². The van der Waals surface area contributed by atoms with Crippen molar-refractivity contribution in [2.75, 3.05) is 23.0 Å². The first-order valence-corrected chi connectivity index (χ1v) is 20.9. The highest BCUT2D eigenvalue weighted by Gasteiger charge is 2.30. The minimum atomic E-state index is -5.19. The Morgan fingerprint density at radius 3 is 2.14 bits per heavy atom. The molecule has 2 aromatic carbocycles. The Labute approximate surface area is 321 Å². The second kappa shape index (κ2) is 16.3. The summed E-state index contributed by atoms with van der Waals surface area (Å²) in [6.45, 7) is 0.344. The topological polar surface area (TPSA) is 386 Å². The molecule has 1 heterocycles. The monoisotopic (exact) mass is 879 g/mol. The number of carbonyl (C=O) groups is 2. The summed E-state index contributed by atoms with van der Waals surface area (Å²) in [7, 11) is -19.4. The van der Waals surface area contributed by atoms with E-state index in [9.17, 15) is 57.5 Å². The third-order valence-corrected chi connectivity index (χ3v) is 11.0. The Hall–Kier alpha value is -5.46. The van der Waals surface area contributed by atoms with Crippen LogP contribution in [0.2, 0.25) is 5.28 Å². The Bertz CT molecular complexity index is 2690. The maximum Gasteiger partial charge on any atom is 0.397 e. The van der Waals surface area contributed by atoms with Crippen LogP contribution >= 0.6 is 11.6 Å². The number of carbonyl (C=O) groups excluding carboxylic acids is 1. The first kappa shape index (κ1) is 43.3. The molecule has 0 spiro atoms. The number of carboxylic acids is 1. The summed E-state index contributed by atoms with van der Waals surface area (Å²) in [5.41, 5.74) is 2.26. The number of aromatic nitrogens is 3. The zero-order valence-electron chi connectivity index (χ0n) is 27.8. The average Bonchev–Trinajstić information content (AvgIpc) is 3.19. The Balaban J connectivity index is 1.67. The van der Waals surface area contributed by atoms with E-state index in [2.05, 4.69) is 45.3 Å². The second-order valence-electron chi connectivity index (χ2n) is 11.0. The molecule has 0 saturated heterocycles. The number of nitrogens with zero attached hydrogens (tertiary/aromatic N) is 5. The number of benzene rings is 2. The van der Waals surface area contributed by atoms with E-state index in [1.165, 1.54) is 31.2 Å². The lowest BCUT2D eigenvalue weighted by molar-refractivity contribution is 0.0697. The molecule has 1 aromatic heterocycles. The molecule has 9 N–H and O–H groups in total. The van der Waals surface area contributed by atoms with Crippen molar-refractivity contribution >= 4 is 87.3 Å². The third-order valence-electron chi connectivity index (χ3n) is 6.95. The highest BCUT2D eigenvalue weighted by atomic mass is 35.5. The first-order chi connectivity index (χ1) is 25.8. The molecular formula is C27H26ClN9O15S4. The largest absolute Gasteiger partial charge is 0.478 e. The van der Waals surface area contributed by atoms with Crippen molar-refractivity contribution in [1.82, 2.24) is 20.3 Å². The van der Waals surface area contributed by atoms with E-state index in [1.807, 2.05) is 0 Å². The van der Waals surface area contributed by atoms with E-state index < -0.39 is 108 Å². The second-order valence-corrected chi connectivity index (χ2v) is 17.4. The van der Waals surface area contributed by atoms with Gasteiger partial charge in [0.1, 0.15) is 16.1 Å². The lowest BCUT2D eigenvalue weighted by atomic mass is 9.98. The van der Waals surface area contributed by atoms with Gasteiger partial charge in [-0.05, 0) is 73.2 Å². The average molecular weight is 880 g/mol. The SMILES string of the molecule is CC1(N=Nc2ccc(S(=O)(=O)CCOS(=O)(=O)O)cc2S(=O)(=O)O)C=CC=C(Nc2nc(Cl)nc(Nc3cc(S(=O)(=O)O)ccc3C(=O)O)n2)C=C1NC(N)=O. The molecule has 29 heteroatoms. The van der Waals surface area contributed by atoms with Crippen LogP contribution in [0.5, 0.6) is 0 Å². The normalized spacial score (nSPS) is 16.4. The third kappa shape index (κ3) is 11.5. The molecule has 0 fully saturated rings. The molecule has 0 bridgehead atoms. The van der Waals surface area contributed by atoms with Crippen molar-refractivity contribution in [2.45, 2.75) is 27.1 Å². The van der Waals surface area contributed by atoms with Crippen LogP contribution in [-0.4, -0.2) is 97.3 Å². The molecule has 56 heavy (non-hydrogen) atoms. The number of hydrogen-bond donors (Lipinski definition) is 8. The van der Waals surface area contributed by atoms with Crippen molar-refractivity contribution in [3.63, 3.8) is 0 Å². The van der Waals surface area contributed by atoms with E-state index in [-0.39, 0.29) is 23.0 Å². The summed E-state index contributed by atoms with van der Waals surface area (Å²) in [5, 5.41) is 24.7. The van der Waals surface area contributed by atoms with Crippen LogP contribution < -0.4 is 21.7 Å². The quantitative estimate of drug-likeness (QED) is 0.0799. The predicted octanol–water partition coefficient (Wildman–Crippen LogP) is 2.01. The van der Waals surface area contributed by atoms with Crippen LogP contribution in [0, 0.1) is 0 Å². The van der Waals surface area contributed by atoms with E-state index in [1.54, 1.807) is 0 Å². The number of urea groups is 1. The van der Waals surface area contributed by atoms with Gasteiger partial charge in [0.15, 0.2) is 9.84 Å². The van der Waals surface area contributed by atoms with E-state index in [0.717, 1.165) is 30.3 Å². The molecule has 2 amide bonds. The van der Waals surface area contributed by atoms with E-state index >= 15 is 0 Å². The Morgan fingerprint density at radius 2 is 1.55 bits per heavy atom. The smallest absolute Gasteiger partial charge is 0.397 e. The van der Waals surface area contributed by atoms with E-state index in [4.69, 9.17) is 21.9 Å². The number of azo groups is 1. The molecule has 0 aliphatic heterocycles. The summed E-state index contributed by atoms with van der Waals surface area (Å²) in [6.07, 6.45) is 5.36. The van der Waals surface area contributed by atoms with Crippen molar-refractivity contribution in [3.05, 3.63) is 82.9 Å². The zero-order valence-corrected chi connectivity index (χ0v) is 31.8. The number of amides is 2. The van der Waals surface area contributed by atoms with Crippen molar-refractivity contribution in [1.29, 1.82) is 0 Å². The van der Waals surface area contributed by atoms with Crippen LogP contribution in [0.1, 0.15) is 17.3 Å². The number of allylic oxidation sites excluding steroid dienone is 3. The predicted molar refractivity (Wildman–Crippen MR) is 192 cm³/mol. The number of nitrogens with two attached hydrogens (primary N) is 1. The van der Waals surface area contributed by atoms with Gasteiger partial charge in [-0.1, -0.05) is 6.08 Å². The van der Waals surface area contributed by atoms with Gasteiger partial charge < -0.3 is 26.8 Å². The first-order valence-electron chi connectivity index (χ1n) is 14.6. The van der Waals surface area contributed by atoms with Crippen molar-refractivity contribution < 1.29 is 66.2 Å². The number of nitrogens with one attached hydrogen (secondary N) is 3. The lowest BCUT2D eigenvalue weighted by Gasteiger charge is -2.23. The summed E-state index contributed by atoms with van der Waals surface area (Å²) in [5.74, 6) is -3.20. The van der Waals surface area contributed by atoms with Crippen LogP contribution in [0.3, 0.4) is 0 Å². The molecule has 3 aromatic rings. The van der Waals surface area contributed by atoms with E-state index in [0.29, 0.717) is 6.07 Å². The number of primary amides is 1. The maximum atomic E-state index is 12.7. The van der Waals surface area contributed by atoms with Gasteiger partial charge in [0, 0.05) is 5.70 Å². The Kier molecular flexibility index (Phi) is 12.6. The van der Waals surface area contributed by atoms with Gasteiger partial charge in [-0.2, -0.15) is 50.4 Å². The summed E-state index contributed by atoms with van der Waals surface area (Å²) in [4.78, 5) is 33.2. The number of hydrogen-bond acceptors (Lipinski definition) is 18. The number of rotatable bonds is 15. The molecule has 300 valence electrons. The fourth-order valence-electron chi connectivity index (χ4n) is 4.43. The summed E-state index contributed by atoms with van der Waals surface area (Å²) >= 11 is 6.06. The maximum absolute atomic E-state index is 12.7. The van der Waals surface area contributed by atoms with Crippen molar-refractivity contribution in [3.8, 4) is 0 Å². The standard InChI is InChI=1S/C27H26ClN9O15S4/c1-27(37-36-18-7-5-15(13-20(18)55(46,47)48)53(41,42)10-9-52-56(49,50)51)8-2-3-14(11-21(27)32-24(29)40)30-25-33-23(28)34-26(35-25)31-19-12-16(54(43,44)45)4-6-17(19)22(38)39/h2-8,11-13H,9-10H2,1H3,(H,38,39)(H3,29,32,40)(H,43,44,45)(H,46,47,48)(H,49,50,51)(H2,30,31,33,34,35). The highest BCUT2D eigenvalue weighted by Crippen LogP contribution is 2.33. The van der Waals surface area contributed by atoms with Gasteiger partial charge in [0.25, 0.3) is 20.2 Å². The molecule has 0 radical (unpaired) electrons. The van der Waals surface area contributed by atoms with Gasteiger partial charge in [-0.15, -0.1) is 0 Å². The highest BCUT2D eigenvalue weighted by molar-refractivity contribution is 7.91. The zero-order chi connectivity index (χ0) is 41.9. The fraction of sp³-hybridized carbons (Fsp3) is 0.148. The van der Waals surface area contributed by atoms with Gasteiger partial charge in [0.2, 0.25) is 17.2 Å².